The number of nitrogens with zero attached hydrogens (tertiary/aromatic N) is 1. The van der Waals surface area contributed by atoms with Crippen LogP contribution in [0, 0.1) is 13.8 Å². The lowest BCUT2D eigenvalue weighted by Gasteiger charge is -2.28. The smallest absolute Gasteiger partial charge is 0.0465 e. The summed E-state index contributed by atoms with van der Waals surface area (Å²) in [6.45, 7) is 13.5. The molecule has 0 saturated carbocycles. The van der Waals surface area contributed by atoms with Crippen LogP contribution in [0.4, 0.5) is 17.1 Å². The van der Waals surface area contributed by atoms with Crippen LogP contribution in [0.5, 0.6) is 0 Å². The van der Waals surface area contributed by atoms with Crippen LogP contribution in [0.2, 0.25) is 0 Å². The Labute approximate surface area is 198 Å². The van der Waals surface area contributed by atoms with Crippen molar-refractivity contribution in [2.75, 3.05) is 4.90 Å². The van der Waals surface area contributed by atoms with E-state index in [2.05, 4.69) is 131 Å². The molecule has 0 heterocycles. The molecule has 0 fully saturated rings. The van der Waals surface area contributed by atoms with E-state index >= 15 is 0 Å². The third-order valence-electron chi connectivity index (χ3n) is 7.01. The fourth-order valence-corrected chi connectivity index (χ4v) is 5.00. The molecule has 0 amide bonds. The van der Waals surface area contributed by atoms with Crippen molar-refractivity contribution in [3.63, 3.8) is 0 Å². The molecule has 1 nitrogen and oxygen atoms in total. The second-order valence-electron chi connectivity index (χ2n) is 10.6. The van der Waals surface area contributed by atoms with Gasteiger partial charge in [-0.2, -0.15) is 0 Å². The number of anilines is 3. The van der Waals surface area contributed by atoms with Crippen molar-refractivity contribution in [3.05, 3.63) is 113 Å². The molecule has 1 aliphatic carbocycles. The Morgan fingerprint density at radius 2 is 1.06 bits per heavy atom. The number of hydrogen-bond donors (Lipinski definition) is 0. The molecule has 4 aromatic rings. The normalized spacial score (nSPS) is 14.7. The summed E-state index contributed by atoms with van der Waals surface area (Å²) in [4.78, 5) is 2.38. The Kier molecular flexibility index (Phi) is 5.16. The molecule has 1 heteroatoms. The maximum Gasteiger partial charge on any atom is 0.0465 e. The van der Waals surface area contributed by atoms with Gasteiger partial charge in [0.15, 0.2) is 0 Å². The molecule has 166 valence electrons. The van der Waals surface area contributed by atoms with E-state index in [0.29, 0.717) is 5.92 Å². The Hall–Kier alpha value is -3.32. The van der Waals surface area contributed by atoms with E-state index in [-0.39, 0.29) is 5.41 Å². The van der Waals surface area contributed by atoms with Gasteiger partial charge in [-0.05, 0) is 83.5 Å². The van der Waals surface area contributed by atoms with Crippen LogP contribution in [0.15, 0.2) is 84.9 Å². The highest BCUT2D eigenvalue weighted by molar-refractivity contribution is 5.84. The van der Waals surface area contributed by atoms with Crippen LogP contribution in [0.3, 0.4) is 0 Å². The van der Waals surface area contributed by atoms with E-state index in [1.54, 1.807) is 0 Å². The van der Waals surface area contributed by atoms with E-state index in [9.17, 15) is 0 Å². The topological polar surface area (TPSA) is 3.24 Å². The van der Waals surface area contributed by atoms with Gasteiger partial charge in [0.2, 0.25) is 0 Å². The molecule has 1 atom stereocenters. The largest absolute Gasteiger partial charge is 0.310 e. The minimum absolute atomic E-state index is 0.139. The van der Waals surface area contributed by atoms with Gasteiger partial charge in [-0.25, -0.2) is 0 Å². The average molecular weight is 432 g/mol. The maximum atomic E-state index is 2.40. The summed E-state index contributed by atoms with van der Waals surface area (Å²) in [6.07, 6.45) is 0. The van der Waals surface area contributed by atoms with E-state index in [0.717, 1.165) is 0 Å². The second kappa shape index (κ2) is 7.92. The summed E-state index contributed by atoms with van der Waals surface area (Å²) in [7, 11) is 0. The summed E-state index contributed by atoms with van der Waals surface area (Å²) in [5, 5.41) is 0. The highest BCUT2D eigenvalue weighted by Gasteiger charge is 2.27. The number of benzene rings is 4. The Bertz CT molecular complexity index is 1300. The lowest BCUT2D eigenvalue weighted by atomic mass is 9.87. The molecule has 0 saturated heterocycles. The summed E-state index contributed by atoms with van der Waals surface area (Å²) >= 11 is 0. The summed E-state index contributed by atoms with van der Waals surface area (Å²) in [6, 6.07) is 31.7. The first-order valence-electron chi connectivity index (χ1n) is 11.9. The average Bonchev–Trinajstić information content (AvgIpc) is 3.06. The minimum atomic E-state index is 0.139. The van der Waals surface area contributed by atoms with E-state index in [1.807, 2.05) is 0 Å². The standard InChI is InChI=1S/C32H33N/c1-21-7-12-25(13-8-21)33(26-14-10-24(11-15-26)32(4,5)6)27-16-18-29-28-17-9-22(2)19-30(28)23(3)31(29)20-27/h7-20,23H,1-6H3. The van der Waals surface area contributed by atoms with Crippen LogP contribution < -0.4 is 4.90 Å². The van der Waals surface area contributed by atoms with Gasteiger partial charge in [0, 0.05) is 23.0 Å². The molecule has 0 N–H and O–H groups in total. The summed E-state index contributed by atoms with van der Waals surface area (Å²) < 4.78 is 0. The van der Waals surface area contributed by atoms with Gasteiger partial charge in [0.05, 0.1) is 0 Å². The zero-order chi connectivity index (χ0) is 23.3. The fraction of sp³-hybridized carbons (Fsp3) is 0.250. The van der Waals surface area contributed by atoms with E-state index in [4.69, 9.17) is 0 Å². The number of rotatable bonds is 3. The van der Waals surface area contributed by atoms with Crippen molar-refractivity contribution in [2.24, 2.45) is 0 Å². The van der Waals surface area contributed by atoms with Gasteiger partial charge in [-0.1, -0.05) is 87.4 Å². The highest BCUT2D eigenvalue weighted by Crippen LogP contribution is 2.47. The number of hydrogen-bond acceptors (Lipinski definition) is 1. The Morgan fingerprint density at radius 1 is 0.576 bits per heavy atom. The van der Waals surface area contributed by atoms with Gasteiger partial charge < -0.3 is 4.90 Å². The van der Waals surface area contributed by atoms with Gasteiger partial charge >= 0.3 is 0 Å². The van der Waals surface area contributed by atoms with Crippen LogP contribution in [-0.2, 0) is 5.41 Å². The molecule has 0 bridgehead atoms. The molecular formula is C32H33N. The van der Waals surface area contributed by atoms with Crippen molar-refractivity contribution >= 4 is 17.1 Å². The molecule has 1 unspecified atom stereocenters. The SMILES string of the molecule is Cc1ccc(N(c2ccc(C(C)(C)C)cc2)c2ccc3c(c2)C(C)c2cc(C)ccc2-3)cc1. The van der Waals surface area contributed by atoms with Gasteiger partial charge in [0.25, 0.3) is 0 Å². The van der Waals surface area contributed by atoms with Crippen molar-refractivity contribution in [1.82, 2.24) is 0 Å². The molecule has 0 aromatic heterocycles. The minimum Gasteiger partial charge on any atom is -0.310 e. The maximum absolute atomic E-state index is 2.40. The monoisotopic (exact) mass is 431 g/mol. The van der Waals surface area contributed by atoms with Crippen LogP contribution >= 0.6 is 0 Å². The zero-order valence-electron chi connectivity index (χ0n) is 20.6. The summed E-state index contributed by atoms with van der Waals surface area (Å²) in [5.41, 5.74) is 13.3. The first-order chi connectivity index (χ1) is 15.7. The van der Waals surface area contributed by atoms with Crippen LogP contribution in [-0.4, -0.2) is 0 Å². The van der Waals surface area contributed by atoms with Crippen LogP contribution in [0.1, 0.15) is 61.4 Å². The van der Waals surface area contributed by atoms with E-state index < -0.39 is 0 Å². The van der Waals surface area contributed by atoms with Crippen LogP contribution in [0.25, 0.3) is 11.1 Å². The van der Waals surface area contributed by atoms with E-state index in [1.165, 1.54) is 56.0 Å². The lowest BCUT2D eigenvalue weighted by molar-refractivity contribution is 0.590. The van der Waals surface area contributed by atoms with Crippen molar-refractivity contribution < 1.29 is 0 Å². The molecule has 4 aromatic carbocycles. The predicted molar refractivity (Wildman–Crippen MR) is 142 cm³/mol. The van der Waals surface area contributed by atoms with Crippen molar-refractivity contribution in [3.8, 4) is 11.1 Å². The molecular weight excluding hydrogens is 398 g/mol. The van der Waals surface area contributed by atoms with Gasteiger partial charge in [-0.3, -0.25) is 0 Å². The molecule has 5 rings (SSSR count). The first kappa shape index (κ1) is 21.5. The second-order valence-corrected chi connectivity index (χ2v) is 10.6. The Morgan fingerprint density at radius 3 is 1.67 bits per heavy atom. The molecule has 0 radical (unpaired) electrons. The highest BCUT2D eigenvalue weighted by atomic mass is 15.1. The quantitative estimate of drug-likeness (QED) is 0.312. The van der Waals surface area contributed by atoms with Gasteiger partial charge in [-0.15, -0.1) is 0 Å². The predicted octanol–water partition coefficient (Wildman–Crippen LogP) is 9.20. The van der Waals surface area contributed by atoms with Crippen molar-refractivity contribution in [2.45, 2.75) is 52.9 Å². The zero-order valence-corrected chi connectivity index (χ0v) is 20.6. The van der Waals surface area contributed by atoms with Crippen molar-refractivity contribution in [1.29, 1.82) is 0 Å². The third-order valence-corrected chi connectivity index (χ3v) is 7.01. The van der Waals surface area contributed by atoms with Gasteiger partial charge in [0.1, 0.15) is 0 Å². The Balaban J connectivity index is 1.63. The fourth-order valence-electron chi connectivity index (χ4n) is 5.00. The summed E-state index contributed by atoms with van der Waals surface area (Å²) in [5.74, 6) is 0.401. The number of aryl methyl sites for hydroxylation is 2. The number of fused-ring (bicyclic) bond motifs is 3. The first-order valence-corrected chi connectivity index (χ1v) is 11.9. The lowest BCUT2D eigenvalue weighted by Crippen LogP contribution is -2.13. The molecule has 33 heavy (non-hydrogen) atoms. The third kappa shape index (κ3) is 3.86. The molecule has 0 aliphatic heterocycles. The molecule has 0 spiro atoms. The molecule has 1 aliphatic rings.